The van der Waals surface area contributed by atoms with Gasteiger partial charge in [-0.1, -0.05) is 67.6 Å². The molecule has 0 unspecified atom stereocenters. The number of nitrogens with zero attached hydrogens (tertiary/aromatic N) is 3. The molecular weight excluding hydrogens is 374 g/mol. The number of likely N-dealkylation sites (N-methyl/N-ethyl adjacent to an activating group) is 1. The van der Waals surface area contributed by atoms with Gasteiger partial charge in [-0.25, -0.2) is 4.79 Å². The van der Waals surface area contributed by atoms with Gasteiger partial charge in [0.15, 0.2) is 0 Å². The number of carbonyl (C=O) groups excluding carboxylic acids is 2. The van der Waals surface area contributed by atoms with Crippen molar-refractivity contribution in [2.75, 3.05) is 26.7 Å². The zero-order chi connectivity index (χ0) is 21.1. The summed E-state index contributed by atoms with van der Waals surface area (Å²) in [5.74, 6) is 0.483. The Morgan fingerprint density at radius 2 is 1.53 bits per heavy atom. The smallest absolute Gasteiger partial charge is 0.312 e. The lowest BCUT2D eigenvalue weighted by Gasteiger charge is -2.41. The van der Waals surface area contributed by atoms with Gasteiger partial charge in [0.05, 0.1) is 6.54 Å². The van der Waals surface area contributed by atoms with Gasteiger partial charge in [-0.2, -0.15) is 0 Å². The maximum atomic E-state index is 13.3. The topological polar surface area (TPSA) is 43.9 Å². The molecule has 2 aromatic carbocycles. The van der Waals surface area contributed by atoms with Crippen molar-refractivity contribution in [3.8, 4) is 0 Å². The van der Waals surface area contributed by atoms with Crippen molar-refractivity contribution in [3.05, 3.63) is 71.8 Å². The third-order valence-electron chi connectivity index (χ3n) is 6.92. The highest BCUT2D eigenvalue weighted by Crippen LogP contribution is 2.37. The lowest BCUT2D eigenvalue weighted by atomic mass is 9.86. The normalized spacial score (nSPS) is 20.2. The first kappa shape index (κ1) is 20.6. The number of rotatable bonds is 6. The Bertz CT molecular complexity index is 876. The molecule has 2 aliphatic heterocycles. The number of amides is 3. The van der Waals surface area contributed by atoms with Gasteiger partial charge in [-0.15, -0.1) is 0 Å². The second kappa shape index (κ2) is 8.60. The van der Waals surface area contributed by atoms with Crippen LogP contribution in [-0.2, 0) is 11.3 Å². The zero-order valence-electron chi connectivity index (χ0n) is 18.0. The van der Waals surface area contributed by atoms with Crippen LogP contribution in [0.4, 0.5) is 4.79 Å². The van der Waals surface area contributed by atoms with Crippen LogP contribution in [0.3, 0.4) is 0 Å². The molecule has 5 nitrogen and oxygen atoms in total. The molecule has 0 saturated carbocycles. The average Bonchev–Trinajstić information content (AvgIpc) is 2.96. The van der Waals surface area contributed by atoms with Crippen molar-refractivity contribution < 1.29 is 9.59 Å². The molecule has 2 aromatic rings. The molecule has 1 atom stereocenters. The fourth-order valence-electron chi connectivity index (χ4n) is 4.77. The fraction of sp³-hybridized carbons (Fsp3) is 0.440. The summed E-state index contributed by atoms with van der Waals surface area (Å²) in [6.45, 7) is 5.35. The highest BCUT2D eigenvalue weighted by atomic mass is 16.2. The van der Waals surface area contributed by atoms with Gasteiger partial charge in [0, 0.05) is 20.1 Å². The van der Waals surface area contributed by atoms with Crippen LogP contribution in [0.1, 0.15) is 43.2 Å². The van der Waals surface area contributed by atoms with Gasteiger partial charge < -0.3 is 9.80 Å². The van der Waals surface area contributed by atoms with E-state index in [0.717, 1.165) is 31.6 Å². The number of likely N-dealkylation sites (tertiary alicyclic amines) is 1. The minimum Gasteiger partial charge on any atom is -0.312 e. The van der Waals surface area contributed by atoms with Gasteiger partial charge in [0.25, 0.3) is 5.91 Å². The molecule has 0 radical (unpaired) electrons. The molecule has 30 heavy (non-hydrogen) atoms. The molecule has 5 heteroatoms. The van der Waals surface area contributed by atoms with Crippen LogP contribution in [0.15, 0.2) is 60.7 Å². The predicted molar refractivity (Wildman–Crippen MR) is 118 cm³/mol. The Balaban J connectivity index is 1.36. The Kier molecular flexibility index (Phi) is 5.91. The second-order valence-electron chi connectivity index (χ2n) is 8.69. The monoisotopic (exact) mass is 405 g/mol. The fourth-order valence-corrected chi connectivity index (χ4v) is 4.77. The van der Waals surface area contributed by atoms with Gasteiger partial charge in [-0.05, 0) is 42.9 Å². The van der Waals surface area contributed by atoms with Crippen LogP contribution in [-0.4, -0.2) is 58.9 Å². The summed E-state index contributed by atoms with van der Waals surface area (Å²) in [5.41, 5.74) is 1.68. The number of carbonyl (C=O) groups is 2. The van der Waals surface area contributed by atoms with Crippen LogP contribution in [0.2, 0.25) is 0 Å². The van der Waals surface area contributed by atoms with Crippen molar-refractivity contribution in [1.82, 2.24) is 14.7 Å². The number of hydrogen-bond acceptors (Lipinski definition) is 3. The van der Waals surface area contributed by atoms with E-state index in [2.05, 4.69) is 42.2 Å². The first-order valence-electron chi connectivity index (χ1n) is 10.9. The number of piperidine rings is 1. The SMILES string of the molecule is C[C@@H](CCN1CCC2(CC1)C(=O)N(Cc1ccccc1)C(=O)N2C)c1ccccc1. The third kappa shape index (κ3) is 3.86. The van der Waals surface area contributed by atoms with E-state index in [1.807, 2.05) is 30.3 Å². The highest BCUT2D eigenvalue weighted by Gasteiger charge is 2.56. The first-order chi connectivity index (χ1) is 14.5. The van der Waals surface area contributed by atoms with Gasteiger partial charge in [0.1, 0.15) is 5.54 Å². The van der Waals surface area contributed by atoms with Crippen LogP contribution in [0, 0.1) is 0 Å². The molecule has 0 bridgehead atoms. The van der Waals surface area contributed by atoms with E-state index in [4.69, 9.17) is 0 Å². The maximum absolute atomic E-state index is 13.3. The lowest BCUT2D eigenvalue weighted by Crippen LogP contribution is -2.55. The van der Waals surface area contributed by atoms with E-state index in [9.17, 15) is 9.59 Å². The van der Waals surface area contributed by atoms with Crippen molar-refractivity contribution >= 4 is 11.9 Å². The molecule has 158 valence electrons. The molecule has 2 aliphatic rings. The largest absolute Gasteiger partial charge is 0.327 e. The van der Waals surface area contributed by atoms with Gasteiger partial charge in [-0.3, -0.25) is 9.69 Å². The van der Waals surface area contributed by atoms with Gasteiger partial charge in [0.2, 0.25) is 0 Å². The Morgan fingerprint density at radius 3 is 2.17 bits per heavy atom. The summed E-state index contributed by atoms with van der Waals surface area (Å²) in [4.78, 5) is 31.7. The minimum absolute atomic E-state index is 0.0313. The molecule has 3 amide bonds. The second-order valence-corrected chi connectivity index (χ2v) is 8.69. The lowest BCUT2D eigenvalue weighted by molar-refractivity contribution is -0.135. The summed E-state index contributed by atoms with van der Waals surface area (Å²) in [5, 5.41) is 0. The van der Waals surface area contributed by atoms with Crippen LogP contribution in [0.5, 0.6) is 0 Å². The molecular formula is C25H31N3O2. The van der Waals surface area contributed by atoms with Gasteiger partial charge >= 0.3 is 6.03 Å². The number of benzene rings is 2. The van der Waals surface area contributed by atoms with Crippen LogP contribution < -0.4 is 0 Å². The number of hydrogen-bond donors (Lipinski definition) is 0. The molecule has 2 fully saturated rings. The Hall–Kier alpha value is -2.66. The molecule has 2 saturated heterocycles. The Morgan fingerprint density at radius 1 is 0.933 bits per heavy atom. The molecule has 0 aliphatic carbocycles. The summed E-state index contributed by atoms with van der Waals surface area (Å²) in [6.07, 6.45) is 2.51. The minimum atomic E-state index is -0.673. The third-order valence-corrected chi connectivity index (χ3v) is 6.92. The number of imide groups is 1. The summed E-state index contributed by atoms with van der Waals surface area (Å²) < 4.78 is 0. The summed E-state index contributed by atoms with van der Waals surface area (Å²) >= 11 is 0. The summed E-state index contributed by atoms with van der Waals surface area (Å²) in [6, 6.07) is 20.2. The maximum Gasteiger partial charge on any atom is 0.327 e. The zero-order valence-corrected chi connectivity index (χ0v) is 18.0. The number of urea groups is 1. The standard InChI is InChI=1S/C25H31N3O2/c1-20(22-11-7-4-8-12-22)13-16-27-17-14-25(15-18-27)23(29)28(24(30)26(25)2)19-21-9-5-3-6-10-21/h3-12,20H,13-19H2,1-2H3/t20-/m0/s1. The van der Waals surface area contributed by atoms with E-state index in [-0.39, 0.29) is 11.9 Å². The van der Waals surface area contributed by atoms with E-state index >= 15 is 0 Å². The van der Waals surface area contributed by atoms with E-state index in [0.29, 0.717) is 25.3 Å². The molecule has 0 N–H and O–H groups in total. The Labute approximate surface area is 179 Å². The van der Waals surface area contributed by atoms with Crippen molar-refractivity contribution in [1.29, 1.82) is 0 Å². The van der Waals surface area contributed by atoms with Crippen molar-refractivity contribution in [2.24, 2.45) is 0 Å². The molecule has 4 rings (SSSR count). The molecule has 1 spiro atoms. The highest BCUT2D eigenvalue weighted by molar-refractivity contribution is 6.06. The molecule has 0 aromatic heterocycles. The average molecular weight is 406 g/mol. The van der Waals surface area contributed by atoms with Crippen molar-refractivity contribution in [3.63, 3.8) is 0 Å². The predicted octanol–water partition coefficient (Wildman–Crippen LogP) is 4.11. The van der Waals surface area contributed by atoms with E-state index < -0.39 is 5.54 Å². The van der Waals surface area contributed by atoms with Crippen LogP contribution in [0.25, 0.3) is 0 Å². The van der Waals surface area contributed by atoms with Crippen molar-refractivity contribution in [2.45, 2.75) is 44.2 Å². The van der Waals surface area contributed by atoms with Crippen LogP contribution >= 0.6 is 0 Å². The summed E-state index contributed by atoms with van der Waals surface area (Å²) in [7, 11) is 1.79. The quantitative estimate of drug-likeness (QED) is 0.680. The first-order valence-corrected chi connectivity index (χ1v) is 10.9. The van der Waals surface area contributed by atoms with E-state index in [1.165, 1.54) is 10.5 Å². The molecule has 2 heterocycles. The van der Waals surface area contributed by atoms with E-state index in [1.54, 1.807) is 11.9 Å².